The molecular weight excluding hydrogens is 396 g/mol. The van der Waals surface area contributed by atoms with Gasteiger partial charge < -0.3 is 9.73 Å². The third kappa shape index (κ3) is 3.34. The number of pyridine rings is 1. The van der Waals surface area contributed by atoms with Crippen LogP contribution in [0, 0.1) is 0 Å². The average Bonchev–Trinajstić information content (AvgIpc) is 3.30. The van der Waals surface area contributed by atoms with E-state index in [9.17, 15) is 9.59 Å². The number of amides is 1. The summed E-state index contributed by atoms with van der Waals surface area (Å²) >= 11 is 6.44. The molecule has 1 amide bonds. The van der Waals surface area contributed by atoms with Crippen LogP contribution in [0.4, 0.5) is 5.82 Å². The van der Waals surface area contributed by atoms with Crippen LogP contribution in [-0.4, -0.2) is 31.1 Å². The maximum Gasteiger partial charge on any atom is 0.267 e. The Labute approximate surface area is 170 Å². The van der Waals surface area contributed by atoms with Gasteiger partial charge in [-0.3, -0.25) is 18.9 Å². The van der Waals surface area contributed by atoms with Gasteiger partial charge in [-0.25, -0.2) is 4.98 Å². The Hall–Kier alpha value is -2.91. The van der Waals surface area contributed by atoms with Crippen molar-refractivity contribution in [2.24, 2.45) is 0 Å². The van der Waals surface area contributed by atoms with Crippen molar-refractivity contribution in [1.82, 2.24) is 14.3 Å². The van der Waals surface area contributed by atoms with Crippen LogP contribution < -0.4 is 10.9 Å². The number of carbonyl (C=O) groups is 1. The predicted octanol–water partition coefficient (Wildman–Crippen LogP) is 3.12. The molecular formula is C19H16N4O3S2. The van der Waals surface area contributed by atoms with E-state index in [2.05, 4.69) is 10.3 Å². The first kappa shape index (κ1) is 18.5. The van der Waals surface area contributed by atoms with Crippen LogP contribution in [0.15, 0.2) is 56.9 Å². The van der Waals surface area contributed by atoms with Gasteiger partial charge in [-0.15, -0.1) is 0 Å². The molecule has 1 fully saturated rings. The molecule has 0 aromatic carbocycles. The Morgan fingerprint density at radius 2 is 2.14 bits per heavy atom. The van der Waals surface area contributed by atoms with Gasteiger partial charge in [-0.2, -0.15) is 0 Å². The molecule has 7 nitrogen and oxygen atoms in total. The maximum absolute atomic E-state index is 13.1. The van der Waals surface area contributed by atoms with E-state index in [4.69, 9.17) is 16.6 Å². The molecule has 0 spiro atoms. The van der Waals surface area contributed by atoms with Gasteiger partial charge in [0.05, 0.1) is 23.3 Å². The summed E-state index contributed by atoms with van der Waals surface area (Å²) < 4.78 is 7.27. The molecule has 3 aromatic rings. The number of hydrogen-bond acceptors (Lipinski definition) is 7. The maximum atomic E-state index is 13.1. The normalized spacial score (nSPS) is 15.8. The van der Waals surface area contributed by atoms with Crippen molar-refractivity contribution in [3.8, 4) is 0 Å². The van der Waals surface area contributed by atoms with Crippen molar-refractivity contribution in [2.75, 3.05) is 11.9 Å². The lowest BCUT2D eigenvalue weighted by Crippen LogP contribution is -2.27. The second-order valence-corrected chi connectivity index (χ2v) is 7.64. The molecule has 0 unspecified atom stereocenters. The van der Waals surface area contributed by atoms with Crippen LogP contribution in [0.2, 0.25) is 0 Å². The molecule has 1 saturated heterocycles. The first-order valence-corrected chi connectivity index (χ1v) is 9.84. The highest BCUT2D eigenvalue weighted by atomic mass is 32.2. The van der Waals surface area contributed by atoms with Crippen molar-refractivity contribution in [1.29, 1.82) is 0 Å². The van der Waals surface area contributed by atoms with Gasteiger partial charge >= 0.3 is 0 Å². The minimum absolute atomic E-state index is 0.202. The lowest BCUT2D eigenvalue weighted by atomic mass is 10.2. The molecule has 4 heterocycles. The highest BCUT2D eigenvalue weighted by molar-refractivity contribution is 8.26. The van der Waals surface area contributed by atoms with Gasteiger partial charge in [-0.05, 0) is 37.3 Å². The summed E-state index contributed by atoms with van der Waals surface area (Å²) in [6.07, 6.45) is 4.79. The molecule has 4 rings (SSSR count). The fraction of sp³-hybridized carbons (Fsp3) is 0.158. The number of aromatic nitrogens is 2. The van der Waals surface area contributed by atoms with Gasteiger partial charge in [-0.1, -0.05) is 30.0 Å². The van der Waals surface area contributed by atoms with Crippen LogP contribution in [-0.2, 0) is 11.3 Å². The van der Waals surface area contributed by atoms with Crippen molar-refractivity contribution in [2.45, 2.75) is 13.5 Å². The van der Waals surface area contributed by atoms with Crippen LogP contribution in [0.1, 0.15) is 18.2 Å². The molecule has 0 aliphatic carbocycles. The van der Waals surface area contributed by atoms with Crippen molar-refractivity contribution in [3.05, 3.63) is 69.4 Å². The first-order valence-electron chi connectivity index (χ1n) is 8.61. The van der Waals surface area contributed by atoms with Gasteiger partial charge in [0.15, 0.2) is 0 Å². The summed E-state index contributed by atoms with van der Waals surface area (Å²) in [7, 11) is 0. The number of thioether (sulfide) groups is 1. The smallest absolute Gasteiger partial charge is 0.267 e. The number of thiocarbonyl (C=S) groups is 1. The summed E-state index contributed by atoms with van der Waals surface area (Å²) in [6, 6.07) is 8.93. The number of anilines is 1. The molecule has 0 bridgehead atoms. The summed E-state index contributed by atoms with van der Waals surface area (Å²) in [6.45, 7) is 2.70. The van der Waals surface area contributed by atoms with E-state index < -0.39 is 0 Å². The van der Waals surface area contributed by atoms with E-state index >= 15 is 0 Å². The molecule has 1 N–H and O–H groups in total. The van der Waals surface area contributed by atoms with Crippen molar-refractivity contribution in [3.63, 3.8) is 0 Å². The zero-order valence-corrected chi connectivity index (χ0v) is 16.5. The number of nitrogens with one attached hydrogen (secondary N) is 1. The summed E-state index contributed by atoms with van der Waals surface area (Å²) in [5.41, 5.74) is 0.536. The number of carbonyl (C=O) groups excluding carboxylic acids is 1. The molecule has 0 radical (unpaired) electrons. The van der Waals surface area contributed by atoms with Crippen LogP contribution in [0.3, 0.4) is 0 Å². The number of fused-ring (bicyclic) bond motifs is 1. The second kappa shape index (κ2) is 7.61. The van der Waals surface area contributed by atoms with Gasteiger partial charge in [0, 0.05) is 12.7 Å². The zero-order chi connectivity index (χ0) is 19.7. The third-order valence-corrected chi connectivity index (χ3v) is 5.62. The minimum atomic E-state index is -0.269. The van der Waals surface area contributed by atoms with E-state index in [0.29, 0.717) is 45.1 Å². The summed E-state index contributed by atoms with van der Waals surface area (Å²) in [5.74, 6) is 0.889. The molecule has 142 valence electrons. The van der Waals surface area contributed by atoms with E-state index in [1.165, 1.54) is 21.1 Å². The van der Waals surface area contributed by atoms with E-state index in [1.807, 2.05) is 19.1 Å². The van der Waals surface area contributed by atoms with E-state index in [0.717, 1.165) is 0 Å². The van der Waals surface area contributed by atoms with E-state index in [-0.39, 0.29) is 11.5 Å². The number of hydrogen-bond donors (Lipinski definition) is 1. The summed E-state index contributed by atoms with van der Waals surface area (Å²) in [4.78, 5) is 32.1. The monoisotopic (exact) mass is 412 g/mol. The molecule has 0 saturated carbocycles. The first-order chi connectivity index (χ1) is 13.6. The molecule has 1 aliphatic heterocycles. The van der Waals surface area contributed by atoms with Crippen LogP contribution in [0.5, 0.6) is 0 Å². The van der Waals surface area contributed by atoms with Crippen LogP contribution >= 0.6 is 24.0 Å². The third-order valence-electron chi connectivity index (χ3n) is 4.24. The SMILES string of the molecule is CCN1C(=O)/C(=C\c2c(NCc3ccco3)nc3ccccn3c2=O)SC1=S. The molecule has 28 heavy (non-hydrogen) atoms. The Morgan fingerprint density at radius 3 is 2.86 bits per heavy atom. The lowest BCUT2D eigenvalue weighted by Gasteiger charge is -2.11. The average molecular weight is 412 g/mol. The number of rotatable bonds is 5. The standard InChI is InChI=1S/C19H16N4O3S2/c1-2-22-18(25)14(28-19(22)27)10-13-16(20-11-12-6-5-9-26-12)21-15-7-3-4-8-23(15)17(13)24/h3-10,20H,2,11H2,1H3/b14-10+. The van der Waals surface area contributed by atoms with Gasteiger partial charge in [0.1, 0.15) is 21.5 Å². The quantitative estimate of drug-likeness (QED) is 0.509. The Kier molecular flexibility index (Phi) is 5.01. The Balaban J connectivity index is 1.81. The highest BCUT2D eigenvalue weighted by Gasteiger charge is 2.31. The van der Waals surface area contributed by atoms with Crippen molar-refractivity contribution >= 4 is 51.7 Å². The largest absolute Gasteiger partial charge is 0.467 e. The Morgan fingerprint density at radius 1 is 1.29 bits per heavy atom. The lowest BCUT2D eigenvalue weighted by molar-refractivity contribution is -0.121. The molecule has 1 aliphatic rings. The predicted molar refractivity (Wildman–Crippen MR) is 113 cm³/mol. The number of likely N-dealkylation sites (N-methyl/N-ethyl adjacent to an activating group) is 1. The van der Waals surface area contributed by atoms with Gasteiger partial charge in [0.25, 0.3) is 11.5 Å². The molecule has 9 heteroatoms. The highest BCUT2D eigenvalue weighted by Crippen LogP contribution is 2.32. The molecule has 0 atom stereocenters. The fourth-order valence-corrected chi connectivity index (χ4v) is 4.22. The van der Waals surface area contributed by atoms with Gasteiger partial charge in [0.2, 0.25) is 0 Å². The molecule has 3 aromatic heterocycles. The zero-order valence-electron chi connectivity index (χ0n) is 14.9. The van der Waals surface area contributed by atoms with Crippen LogP contribution in [0.25, 0.3) is 11.7 Å². The second-order valence-electron chi connectivity index (χ2n) is 5.97. The Bertz CT molecular complexity index is 1150. The topological polar surface area (TPSA) is 79.8 Å². The van der Waals surface area contributed by atoms with Crippen molar-refractivity contribution < 1.29 is 9.21 Å². The fourth-order valence-electron chi connectivity index (χ4n) is 2.86. The number of furan rings is 1. The summed E-state index contributed by atoms with van der Waals surface area (Å²) in [5, 5.41) is 3.14. The number of nitrogens with zero attached hydrogens (tertiary/aromatic N) is 3. The van der Waals surface area contributed by atoms with E-state index in [1.54, 1.807) is 36.7 Å². The minimum Gasteiger partial charge on any atom is -0.467 e.